The highest BCUT2D eigenvalue weighted by atomic mass is 32.1. The van der Waals surface area contributed by atoms with Crippen LogP contribution in [0.2, 0.25) is 0 Å². The minimum Gasteiger partial charge on any atom is -0.292 e. The van der Waals surface area contributed by atoms with Crippen molar-refractivity contribution in [3.05, 3.63) is 21.9 Å². The first-order valence-electron chi connectivity index (χ1n) is 4.95. The van der Waals surface area contributed by atoms with Gasteiger partial charge in [0.25, 0.3) is 0 Å². The molecule has 0 saturated carbocycles. The minimum absolute atomic E-state index is 0.229. The van der Waals surface area contributed by atoms with Gasteiger partial charge in [-0.25, -0.2) is 0 Å². The molecule has 0 saturated heterocycles. The van der Waals surface area contributed by atoms with Crippen LogP contribution in [-0.2, 0) is 11.3 Å². The monoisotopic (exact) mass is 253 g/mol. The summed E-state index contributed by atoms with van der Waals surface area (Å²) in [6, 6.07) is 3.65. The van der Waals surface area contributed by atoms with Gasteiger partial charge in [0.2, 0.25) is 0 Å². The van der Waals surface area contributed by atoms with E-state index in [1.165, 1.54) is 4.88 Å². The van der Waals surface area contributed by atoms with Crippen LogP contribution in [0, 0.1) is 0 Å². The van der Waals surface area contributed by atoms with Crippen LogP contribution in [0.4, 0.5) is 13.2 Å². The van der Waals surface area contributed by atoms with E-state index in [1.807, 2.05) is 19.1 Å². The summed E-state index contributed by atoms with van der Waals surface area (Å²) in [5.41, 5.74) is 2.38. The molecule has 0 spiro atoms. The van der Waals surface area contributed by atoms with E-state index < -0.39 is 12.8 Å². The van der Waals surface area contributed by atoms with Gasteiger partial charge in [-0.05, 0) is 25.5 Å². The van der Waals surface area contributed by atoms with E-state index in [-0.39, 0.29) is 6.04 Å². The zero-order valence-corrected chi connectivity index (χ0v) is 9.91. The summed E-state index contributed by atoms with van der Waals surface area (Å²) in [5.74, 6) is 0. The van der Waals surface area contributed by atoms with Crippen molar-refractivity contribution in [1.82, 2.24) is 5.48 Å². The average molecular weight is 253 g/mol. The van der Waals surface area contributed by atoms with Gasteiger partial charge in [-0.3, -0.25) is 4.84 Å². The summed E-state index contributed by atoms with van der Waals surface area (Å²) in [7, 11) is 0. The highest BCUT2D eigenvalue weighted by molar-refractivity contribution is 7.12. The second-order valence-corrected chi connectivity index (χ2v) is 4.60. The molecule has 1 aromatic heterocycles. The smallest absolute Gasteiger partial charge is 0.292 e. The molecule has 0 aliphatic carbocycles. The van der Waals surface area contributed by atoms with Crippen LogP contribution in [0.25, 0.3) is 0 Å². The van der Waals surface area contributed by atoms with Gasteiger partial charge in [0.15, 0.2) is 6.61 Å². The molecule has 0 amide bonds. The minimum atomic E-state index is -4.29. The fraction of sp³-hybridized carbons (Fsp3) is 0.600. The molecule has 0 fully saturated rings. The van der Waals surface area contributed by atoms with Gasteiger partial charge in [0.1, 0.15) is 0 Å². The third-order valence-corrected chi connectivity index (χ3v) is 3.37. The Morgan fingerprint density at radius 3 is 2.62 bits per heavy atom. The quantitative estimate of drug-likeness (QED) is 0.811. The average Bonchev–Trinajstić information content (AvgIpc) is 2.63. The molecule has 1 rings (SSSR count). The van der Waals surface area contributed by atoms with E-state index >= 15 is 0 Å². The molecule has 1 N–H and O–H groups in total. The van der Waals surface area contributed by atoms with Gasteiger partial charge < -0.3 is 0 Å². The summed E-state index contributed by atoms with van der Waals surface area (Å²) >= 11 is 1.58. The first kappa shape index (κ1) is 13.5. The molecule has 0 aliphatic heterocycles. The highest BCUT2D eigenvalue weighted by Gasteiger charge is 2.28. The number of alkyl halides is 3. The molecule has 0 aliphatic rings. The third kappa shape index (κ3) is 4.51. The standard InChI is InChI=1S/C10H14F3NOS/c1-3-8-4-5-9(16-8)7(2)14-15-6-10(11,12)13/h4-5,7,14H,3,6H2,1-2H3. The van der Waals surface area contributed by atoms with Crippen LogP contribution in [0.1, 0.15) is 29.6 Å². The molecule has 0 radical (unpaired) electrons. The predicted octanol–water partition coefficient (Wildman–Crippen LogP) is 3.46. The molecule has 0 aromatic carbocycles. The maximum atomic E-state index is 11.8. The Balaban J connectivity index is 2.37. The number of rotatable bonds is 5. The number of aryl methyl sites for hydroxylation is 1. The Hall–Kier alpha value is -0.590. The summed E-state index contributed by atoms with van der Waals surface area (Å²) in [6.45, 7) is 2.53. The van der Waals surface area contributed by atoms with E-state index in [1.54, 1.807) is 18.3 Å². The summed E-state index contributed by atoms with van der Waals surface area (Å²) in [5, 5.41) is 0. The van der Waals surface area contributed by atoms with Gasteiger partial charge in [-0.15, -0.1) is 11.3 Å². The number of halogens is 3. The Morgan fingerprint density at radius 2 is 2.12 bits per heavy atom. The van der Waals surface area contributed by atoms with Crippen LogP contribution >= 0.6 is 11.3 Å². The van der Waals surface area contributed by atoms with E-state index in [4.69, 9.17) is 0 Å². The van der Waals surface area contributed by atoms with Crippen LogP contribution in [0.3, 0.4) is 0 Å². The molecule has 1 unspecified atom stereocenters. The molecular formula is C10H14F3NOS. The number of hydrogen-bond acceptors (Lipinski definition) is 3. The molecular weight excluding hydrogens is 239 g/mol. The molecule has 92 valence electrons. The summed E-state index contributed by atoms with van der Waals surface area (Å²) in [4.78, 5) is 6.57. The fourth-order valence-electron chi connectivity index (χ4n) is 1.12. The Morgan fingerprint density at radius 1 is 1.44 bits per heavy atom. The lowest BCUT2D eigenvalue weighted by Gasteiger charge is -2.13. The van der Waals surface area contributed by atoms with Crippen molar-refractivity contribution in [2.75, 3.05) is 6.61 Å². The van der Waals surface area contributed by atoms with Crippen LogP contribution < -0.4 is 5.48 Å². The third-order valence-electron chi connectivity index (χ3n) is 1.95. The normalized spacial score (nSPS) is 14.1. The van der Waals surface area contributed by atoms with Crippen molar-refractivity contribution in [1.29, 1.82) is 0 Å². The Labute approximate surface area is 96.4 Å². The first-order chi connectivity index (χ1) is 7.42. The van der Waals surface area contributed by atoms with Gasteiger partial charge >= 0.3 is 6.18 Å². The fourth-order valence-corrected chi connectivity index (χ4v) is 2.07. The van der Waals surface area contributed by atoms with Gasteiger partial charge in [0, 0.05) is 9.75 Å². The molecule has 16 heavy (non-hydrogen) atoms. The Kier molecular flexibility index (Phi) is 4.76. The number of nitrogens with one attached hydrogen (secondary N) is 1. The zero-order valence-electron chi connectivity index (χ0n) is 9.10. The van der Waals surface area contributed by atoms with Crippen molar-refractivity contribution >= 4 is 11.3 Å². The zero-order chi connectivity index (χ0) is 12.2. The molecule has 0 bridgehead atoms. The summed E-state index contributed by atoms with van der Waals surface area (Å²) in [6.07, 6.45) is -3.36. The van der Waals surface area contributed by atoms with Gasteiger partial charge in [0.05, 0.1) is 6.04 Å². The van der Waals surface area contributed by atoms with Crippen molar-refractivity contribution in [2.45, 2.75) is 32.5 Å². The second kappa shape index (κ2) is 5.65. The lowest BCUT2D eigenvalue weighted by Crippen LogP contribution is -2.26. The van der Waals surface area contributed by atoms with E-state index in [0.29, 0.717) is 0 Å². The highest BCUT2D eigenvalue weighted by Crippen LogP contribution is 2.23. The summed E-state index contributed by atoms with van der Waals surface area (Å²) < 4.78 is 35.4. The van der Waals surface area contributed by atoms with E-state index in [9.17, 15) is 13.2 Å². The van der Waals surface area contributed by atoms with Crippen LogP contribution in [0.5, 0.6) is 0 Å². The maximum Gasteiger partial charge on any atom is 0.413 e. The number of hydrogen-bond donors (Lipinski definition) is 1. The molecule has 2 nitrogen and oxygen atoms in total. The Bertz CT molecular complexity index is 324. The molecule has 1 atom stereocenters. The van der Waals surface area contributed by atoms with Crippen molar-refractivity contribution in [3.8, 4) is 0 Å². The van der Waals surface area contributed by atoms with Crippen molar-refractivity contribution in [3.63, 3.8) is 0 Å². The molecule has 1 heterocycles. The van der Waals surface area contributed by atoms with Crippen LogP contribution in [-0.4, -0.2) is 12.8 Å². The number of thiophene rings is 1. The predicted molar refractivity (Wildman–Crippen MR) is 57.3 cm³/mol. The molecule has 1 aromatic rings. The van der Waals surface area contributed by atoms with Gasteiger partial charge in [-0.1, -0.05) is 6.92 Å². The van der Waals surface area contributed by atoms with Gasteiger partial charge in [-0.2, -0.15) is 18.7 Å². The lowest BCUT2D eigenvalue weighted by molar-refractivity contribution is -0.192. The lowest BCUT2D eigenvalue weighted by atomic mass is 10.3. The largest absolute Gasteiger partial charge is 0.413 e. The van der Waals surface area contributed by atoms with Crippen LogP contribution in [0.15, 0.2) is 12.1 Å². The number of hydroxylamine groups is 1. The second-order valence-electron chi connectivity index (χ2n) is 3.40. The van der Waals surface area contributed by atoms with Crippen molar-refractivity contribution < 1.29 is 18.0 Å². The van der Waals surface area contributed by atoms with E-state index in [0.717, 1.165) is 11.3 Å². The van der Waals surface area contributed by atoms with Crippen molar-refractivity contribution in [2.24, 2.45) is 0 Å². The van der Waals surface area contributed by atoms with E-state index in [2.05, 4.69) is 10.3 Å². The molecule has 6 heteroatoms. The SMILES string of the molecule is CCc1ccc(C(C)NOCC(F)(F)F)s1. The maximum absolute atomic E-state index is 11.8. The topological polar surface area (TPSA) is 21.3 Å². The first-order valence-corrected chi connectivity index (χ1v) is 5.76.